The van der Waals surface area contributed by atoms with Crippen molar-refractivity contribution in [1.82, 2.24) is 5.43 Å². The zero-order valence-electron chi connectivity index (χ0n) is 11.9. The maximum absolute atomic E-state index is 11.5. The average molecular weight is 280 g/mol. The van der Waals surface area contributed by atoms with Crippen molar-refractivity contribution in [1.29, 1.82) is 0 Å². The third-order valence-corrected chi connectivity index (χ3v) is 3.98. The molecular formula is C15H24N2OS. The minimum atomic E-state index is 0.0148. The number of carbonyl (C=O) groups excluding carboxylic acids is 1. The molecule has 106 valence electrons. The van der Waals surface area contributed by atoms with E-state index in [1.807, 2.05) is 18.4 Å². The maximum Gasteiger partial charge on any atom is 0.240 e. The highest BCUT2D eigenvalue weighted by Crippen LogP contribution is 2.12. The summed E-state index contributed by atoms with van der Waals surface area (Å²) < 4.78 is 0. The van der Waals surface area contributed by atoms with Gasteiger partial charge in [-0.2, -0.15) is 5.10 Å². The maximum atomic E-state index is 11.5. The number of nitrogens with zero attached hydrogens (tertiary/aromatic N) is 1. The molecular weight excluding hydrogens is 256 g/mol. The highest BCUT2D eigenvalue weighted by atomic mass is 32.1. The molecule has 0 fully saturated rings. The Hall–Kier alpha value is -1.16. The predicted octanol–water partition coefficient (Wildman–Crippen LogP) is 4.26. The summed E-state index contributed by atoms with van der Waals surface area (Å²) in [5.41, 5.74) is 3.78. The van der Waals surface area contributed by atoms with Gasteiger partial charge in [0.05, 0.1) is 6.21 Å². The van der Waals surface area contributed by atoms with Crippen LogP contribution < -0.4 is 5.43 Å². The molecule has 0 spiro atoms. The molecule has 0 radical (unpaired) electrons. The fraction of sp³-hybridized carbons (Fsp3) is 0.600. The standard InChI is InChI=1S/C15H24N2OS/c1-3-4-5-6-7-8-9-15(18)17-16-12-14-13(2)10-11-19-14/h10-12H,3-9H2,1-2H3,(H,17,18). The van der Waals surface area contributed by atoms with Crippen molar-refractivity contribution in [3.05, 3.63) is 21.9 Å². The van der Waals surface area contributed by atoms with Crippen molar-refractivity contribution < 1.29 is 4.79 Å². The molecule has 0 saturated carbocycles. The molecule has 0 aliphatic heterocycles. The van der Waals surface area contributed by atoms with Crippen LogP contribution in [0.25, 0.3) is 0 Å². The van der Waals surface area contributed by atoms with E-state index in [-0.39, 0.29) is 5.91 Å². The van der Waals surface area contributed by atoms with Crippen LogP contribution >= 0.6 is 11.3 Å². The molecule has 1 N–H and O–H groups in total. The number of hydrogen-bond acceptors (Lipinski definition) is 3. The molecule has 4 heteroatoms. The monoisotopic (exact) mass is 280 g/mol. The summed E-state index contributed by atoms with van der Waals surface area (Å²) in [6, 6.07) is 2.05. The average Bonchev–Trinajstić information content (AvgIpc) is 2.79. The first-order valence-electron chi connectivity index (χ1n) is 7.10. The Morgan fingerprint density at radius 1 is 1.32 bits per heavy atom. The number of hydrogen-bond donors (Lipinski definition) is 1. The molecule has 3 nitrogen and oxygen atoms in total. The first-order chi connectivity index (χ1) is 9.24. The van der Waals surface area contributed by atoms with Gasteiger partial charge in [-0.1, -0.05) is 39.0 Å². The van der Waals surface area contributed by atoms with E-state index in [0.29, 0.717) is 6.42 Å². The van der Waals surface area contributed by atoms with Crippen LogP contribution in [-0.2, 0) is 4.79 Å². The number of amides is 1. The summed E-state index contributed by atoms with van der Waals surface area (Å²) in [6.45, 7) is 4.25. The Labute approximate surface area is 120 Å². The second kappa shape index (κ2) is 9.73. The van der Waals surface area contributed by atoms with E-state index in [4.69, 9.17) is 0 Å². The molecule has 0 aliphatic rings. The molecule has 1 aromatic heterocycles. The number of aryl methyl sites for hydroxylation is 1. The highest BCUT2D eigenvalue weighted by molar-refractivity contribution is 7.11. The van der Waals surface area contributed by atoms with Crippen LogP contribution in [0, 0.1) is 6.92 Å². The van der Waals surface area contributed by atoms with Crippen molar-refractivity contribution in [2.24, 2.45) is 5.10 Å². The first kappa shape index (κ1) is 15.9. The fourth-order valence-electron chi connectivity index (χ4n) is 1.80. The van der Waals surface area contributed by atoms with Crippen LogP contribution in [0.1, 0.15) is 62.3 Å². The van der Waals surface area contributed by atoms with E-state index in [1.54, 1.807) is 17.6 Å². The van der Waals surface area contributed by atoms with E-state index >= 15 is 0 Å². The van der Waals surface area contributed by atoms with Gasteiger partial charge in [-0.25, -0.2) is 5.43 Å². The third kappa shape index (κ3) is 7.11. The Morgan fingerprint density at radius 2 is 2.05 bits per heavy atom. The van der Waals surface area contributed by atoms with Gasteiger partial charge < -0.3 is 0 Å². The molecule has 1 rings (SSSR count). The Morgan fingerprint density at radius 3 is 2.74 bits per heavy atom. The summed E-state index contributed by atoms with van der Waals surface area (Å²) >= 11 is 1.63. The Balaban J connectivity index is 2.08. The van der Waals surface area contributed by atoms with E-state index < -0.39 is 0 Å². The van der Waals surface area contributed by atoms with Crippen molar-refractivity contribution in [3.8, 4) is 0 Å². The van der Waals surface area contributed by atoms with Crippen LogP contribution in [0.4, 0.5) is 0 Å². The molecule has 0 aromatic carbocycles. The van der Waals surface area contributed by atoms with Gasteiger partial charge in [0.2, 0.25) is 5.91 Å². The molecule has 19 heavy (non-hydrogen) atoms. The van der Waals surface area contributed by atoms with E-state index in [0.717, 1.165) is 17.7 Å². The molecule has 0 atom stereocenters. The second-order valence-corrected chi connectivity index (χ2v) is 5.73. The van der Waals surface area contributed by atoms with E-state index in [9.17, 15) is 4.79 Å². The van der Waals surface area contributed by atoms with E-state index in [2.05, 4.69) is 17.5 Å². The molecule has 1 aromatic rings. The minimum absolute atomic E-state index is 0.0148. The second-order valence-electron chi connectivity index (χ2n) is 4.78. The topological polar surface area (TPSA) is 41.5 Å². The number of hydrazone groups is 1. The van der Waals surface area contributed by atoms with Gasteiger partial charge >= 0.3 is 0 Å². The lowest BCUT2D eigenvalue weighted by Crippen LogP contribution is -2.16. The van der Waals surface area contributed by atoms with Gasteiger partial charge in [0.1, 0.15) is 0 Å². The predicted molar refractivity (Wildman–Crippen MR) is 82.8 cm³/mol. The smallest absolute Gasteiger partial charge is 0.240 e. The molecule has 0 saturated heterocycles. The molecule has 0 unspecified atom stereocenters. The number of thiophene rings is 1. The summed E-state index contributed by atoms with van der Waals surface area (Å²) in [6.07, 6.45) is 9.48. The lowest BCUT2D eigenvalue weighted by Gasteiger charge is -2.00. The summed E-state index contributed by atoms with van der Waals surface area (Å²) in [4.78, 5) is 12.6. The lowest BCUT2D eigenvalue weighted by molar-refractivity contribution is -0.121. The summed E-state index contributed by atoms with van der Waals surface area (Å²) in [7, 11) is 0. The number of unbranched alkanes of at least 4 members (excludes halogenated alkanes) is 5. The van der Waals surface area contributed by atoms with Gasteiger partial charge in [-0.15, -0.1) is 11.3 Å². The van der Waals surface area contributed by atoms with Gasteiger partial charge in [0.15, 0.2) is 0 Å². The number of carbonyl (C=O) groups is 1. The SMILES string of the molecule is CCCCCCCCC(=O)NN=Cc1sccc1C. The van der Waals surface area contributed by atoms with Crippen molar-refractivity contribution in [2.75, 3.05) is 0 Å². The molecule has 1 heterocycles. The number of nitrogens with one attached hydrogen (secondary N) is 1. The number of rotatable bonds is 9. The van der Waals surface area contributed by atoms with Crippen LogP contribution in [0.5, 0.6) is 0 Å². The van der Waals surface area contributed by atoms with Gasteiger partial charge in [0, 0.05) is 11.3 Å². The minimum Gasteiger partial charge on any atom is -0.273 e. The molecule has 0 bridgehead atoms. The van der Waals surface area contributed by atoms with Gasteiger partial charge in [-0.3, -0.25) is 4.79 Å². The van der Waals surface area contributed by atoms with Crippen molar-refractivity contribution in [2.45, 2.75) is 58.8 Å². The quantitative estimate of drug-likeness (QED) is 0.410. The summed E-state index contributed by atoms with van der Waals surface area (Å²) in [5, 5.41) is 6.01. The van der Waals surface area contributed by atoms with Crippen molar-refractivity contribution in [3.63, 3.8) is 0 Å². The fourth-order valence-corrected chi connectivity index (χ4v) is 2.59. The first-order valence-corrected chi connectivity index (χ1v) is 7.98. The lowest BCUT2D eigenvalue weighted by atomic mass is 10.1. The Bertz CT molecular complexity index is 399. The van der Waals surface area contributed by atoms with Gasteiger partial charge in [-0.05, 0) is 30.4 Å². The van der Waals surface area contributed by atoms with Crippen LogP contribution in [0.15, 0.2) is 16.5 Å². The zero-order valence-corrected chi connectivity index (χ0v) is 12.8. The van der Waals surface area contributed by atoms with Crippen LogP contribution in [0.2, 0.25) is 0 Å². The normalized spacial score (nSPS) is 11.1. The molecule has 0 aliphatic carbocycles. The van der Waals surface area contributed by atoms with E-state index in [1.165, 1.54) is 31.2 Å². The molecule has 1 amide bonds. The third-order valence-electron chi connectivity index (χ3n) is 3.03. The highest BCUT2D eigenvalue weighted by Gasteiger charge is 1.99. The van der Waals surface area contributed by atoms with Gasteiger partial charge in [0.25, 0.3) is 0 Å². The Kier molecular flexibility index (Phi) is 8.14. The van der Waals surface area contributed by atoms with Crippen LogP contribution in [0.3, 0.4) is 0 Å². The summed E-state index contributed by atoms with van der Waals surface area (Å²) in [5.74, 6) is 0.0148. The van der Waals surface area contributed by atoms with Crippen molar-refractivity contribution >= 4 is 23.5 Å². The largest absolute Gasteiger partial charge is 0.273 e. The zero-order chi connectivity index (χ0) is 13.9. The van der Waals surface area contributed by atoms with Crippen LogP contribution in [-0.4, -0.2) is 12.1 Å².